The van der Waals surface area contributed by atoms with Crippen LogP contribution in [0.1, 0.15) is 82.9 Å². The van der Waals surface area contributed by atoms with E-state index in [2.05, 4.69) is 14.9 Å². The molecule has 4 nitrogen and oxygen atoms in total. The minimum Gasteiger partial charge on any atom is -0.353 e. The number of nitrogens with one attached hydrogen (secondary N) is 1. The van der Waals surface area contributed by atoms with Gasteiger partial charge in [-0.05, 0) is 19.3 Å². The molecule has 2 aliphatic rings. The maximum absolute atomic E-state index is 12.7. The highest BCUT2D eigenvalue weighted by Gasteiger charge is 2.26. The van der Waals surface area contributed by atoms with Crippen molar-refractivity contribution in [1.82, 2.24) is 14.9 Å². The van der Waals surface area contributed by atoms with Crippen LogP contribution in [0.25, 0.3) is 0 Å². The molecule has 4 heteroatoms. The van der Waals surface area contributed by atoms with Crippen LogP contribution >= 0.6 is 0 Å². The second kappa shape index (κ2) is 9.24. The van der Waals surface area contributed by atoms with Gasteiger partial charge in [0.05, 0.1) is 0 Å². The van der Waals surface area contributed by atoms with Gasteiger partial charge < -0.3 is 9.88 Å². The fraction of sp³-hybridized carbons (Fsp3) is 0.800. The summed E-state index contributed by atoms with van der Waals surface area (Å²) in [6.07, 6.45) is 20.1. The third-order valence-corrected chi connectivity index (χ3v) is 5.77. The fourth-order valence-corrected chi connectivity index (χ4v) is 4.20. The maximum atomic E-state index is 12.7. The SMILES string of the molecule is O=C(NC1CCCCCCCCCCC1)C1CCn2ccnc2C1. The van der Waals surface area contributed by atoms with Gasteiger partial charge >= 0.3 is 0 Å². The summed E-state index contributed by atoms with van der Waals surface area (Å²) in [5.74, 6) is 1.45. The second-order valence-electron chi connectivity index (χ2n) is 7.69. The van der Waals surface area contributed by atoms with Gasteiger partial charge in [0, 0.05) is 37.3 Å². The van der Waals surface area contributed by atoms with E-state index in [4.69, 9.17) is 0 Å². The van der Waals surface area contributed by atoms with E-state index in [1.807, 2.05) is 12.4 Å². The van der Waals surface area contributed by atoms with Crippen molar-refractivity contribution >= 4 is 5.91 Å². The van der Waals surface area contributed by atoms with Crippen molar-refractivity contribution in [2.45, 2.75) is 96.1 Å². The van der Waals surface area contributed by atoms with Crippen LogP contribution in [0.4, 0.5) is 0 Å². The first-order valence-electron chi connectivity index (χ1n) is 10.1. The van der Waals surface area contributed by atoms with E-state index < -0.39 is 0 Å². The van der Waals surface area contributed by atoms with Crippen molar-refractivity contribution in [3.63, 3.8) is 0 Å². The van der Waals surface area contributed by atoms with Crippen molar-refractivity contribution in [1.29, 1.82) is 0 Å². The largest absolute Gasteiger partial charge is 0.353 e. The van der Waals surface area contributed by atoms with E-state index in [0.29, 0.717) is 6.04 Å². The molecule has 1 saturated carbocycles. The lowest BCUT2D eigenvalue weighted by Crippen LogP contribution is -2.41. The van der Waals surface area contributed by atoms with Crippen molar-refractivity contribution in [2.24, 2.45) is 5.92 Å². The molecule has 3 rings (SSSR count). The molecule has 1 aliphatic heterocycles. The summed E-state index contributed by atoms with van der Waals surface area (Å²) >= 11 is 0. The molecule has 0 spiro atoms. The number of rotatable bonds is 2. The summed E-state index contributed by atoms with van der Waals surface area (Å²) in [6, 6.07) is 0.388. The number of imidazole rings is 1. The van der Waals surface area contributed by atoms with Crippen LogP contribution in [-0.4, -0.2) is 21.5 Å². The monoisotopic (exact) mass is 331 g/mol. The topological polar surface area (TPSA) is 46.9 Å². The van der Waals surface area contributed by atoms with E-state index >= 15 is 0 Å². The third-order valence-electron chi connectivity index (χ3n) is 5.77. The first kappa shape index (κ1) is 17.5. The summed E-state index contributed by atoms with van der Waals surface area (Å²) in [4.78, 5) is 17.1. The Morgan fingerprint density at radius 3 is 2.25 bits per heavy atom. The van der Waals surface area contributed by atoms with Gasteiger partial charge in [-0.3, -0.25) is 4.79 Å². The van der Waals surface area contributed by atoms with Crippen molar-refractivity contribution in [3.05, 3.63) is 18.2 Å². The Labute approximate surface area is 146 Å². The zero-order chi connectivity index (χ0) is 16.6. The molecule has 0 radical (unpaired) electrons. The Balaban J connectivity index is 1.49. The molecule has 0 saturated heterocycles. The van der Waals surface area contributed by atoms with Gasteiger partial charge in [-0.2, -0.15) is 0 Å². The zero-order valence-electron chi connectivity index (χ0n) is 15.0. The lowest BCUT2D eigenvalue weighted by atomic mass is 9.94. The smallest absolute Gasteiger partial charge is 0.223 e. The van der Waals surface area contributed by atoms with E-state index in [0.717, 1.165) is 38.1 Å². The summed E-state index contributed by atoms with van der Waals surface area (Å²) in [7, 11) is 0. The number of hydrogen-bond donors (Lipinski definition) is 1. The molecule has 0 aromatic carbocycles. The summed E-state index contributed by atoms with van der Waals surface area (Å²) < 4.78 is 2.18. The fourth-order valence-electron chi connectivity index (χ4n) is 4.20. The lowest BCUT2D eigenvalue weighted by Gasteiger charge is -2.26. The predicted molar refractivity (Wildman–Crippen MR) is 96.8 cm³/mol. The highest BCUT2D eigenvalue weighted by molar-refractivity contribution is 5.79. The molecule has 1 aromatic rings. The summed E-state index contributed by atoms with van der Waals surface area (Å²) in [5.41, 5.74) is 0. The normalized spacial score (nSPS) is 24.4. The Bertz CT molecular complexity index is 499. The van der Waals surface area contributed by atoms with E-state index in [1.165, 1.54) is 57.8 Å². The number of amides is 1. The lowest BCUT2D eigenvalue weighted by molar-refractivity contribution is -0.126. The molecule has 1 unspecified atom stereocenters. The Kier molecular flexibility index (Phi) is 6.74. The van der Waals surface area contributed by atoms with Crippen molar-refractivity contribution in [3.8, 4) is 0 Å². The number of nitrogens with zero attached hydrogens (tertiary/aromatic N) is 2. The summed E-state index contributed by atoms with van der Waals surface area (Å²) in [6.45, 7) is 0.929. The quantitative estimate of drug-likeness (QED) is 0.881. The number of carbonyl (C=O) groups excluding carboxylic acids is 1. The number of hydrogen-bond acceptors (Lipinski definition) is 2. The molecular formula is C20H33N3O. The van der Waals surface area contributed by atoms with Crippen LogP contribution in [0.3, 0.4) is 0 Å². The molecule has 1 aromatic heterocycles. The van der Waals surface area contributed by atoms with Crippen molar-refractivity contribution < 1.29 is 4.79 Å². The minimum absolute atomic E-state index is 0.112. The first-order chi connectivity index (χ1) is 11.8. The van der Waals surface area contributed by atoms with Gasteiger partial charge in [0.25, 0.3) is 0 Å². The first-order valence-corrected chi connectivity index (χ1v) is 10.1. The molecule has 0 bridgehead atoms. The predicted octanol–water partition coefficient (Wildman–Crippen LogP) is 4.24. The van der Waals surface area contributed by atoms with Crippen LogP contribution in [0.15, 0.2) is 12.4 Å². The number of aromatic nitrogens is 2. The average molecular weight is 332 g/mol. The highest BCUT2D eigenvalue weighted by Crippen LogP contribution is 2.21. The van der Waals surface area contributed by atoms with Gasteiger partial charge in [-0.25, -0.2) is 4.98 Å². The van der Waals surface area contributed by atoms with Crippen LogP contribution in [0.5, 0.6) is 0 Å². The van der Waals surface area contributed by atoms with Gasteiger partial charge in [-0.1, -0.05) is 57.8 Å². The number of carbonyl (C=O) groups is 1. The van der Waals surface area contributed by atoms with Crippen molar-refractivity contribution in [2.75, 3.05) is 0 Å². The molecule has 1 atom stereocenters. The van der Waals surface area contributed by atoms with Gasteiger partial charge in [0.1, 0.15) is 5.82 Å². The summed E-state index contributed by atoms with van der Waals surface area (Å²) in [5, 5.41) is 3.39. The Morgan fingerprint density at radius 2 is 1.58 bits per heavy atom. The standard InChI is InChI=1S/C20H33N3O/c24-20(17-12-14-23-15-13-21-19(23)16-17)22-18-10-8-6-4-2-1-3-5-7-9-11-18/h13,15,17-18H,1-12,14,16H2,(H,22,24). The molecule has 24 heavy (non-hydrogen) atoms. The van der Waals surface area contributed by atoms with E-state index in [9.17, 15) is 4.79 Å². The van der Waals surface area contributed by atoms with Gasteiger partial charge in [0.2, 0.25) is 5.91 Å². The van der Waals surface area contributed by atoms with Gasteiger partial charge in [-0.15, -0.1) is 0 Å². The maximum Gasteiger partial charge on any atom is 0.223 e. The van der Waals surface area contributed by atoms with E-state index in [1.54, 1.807) is 0 Å². The average Bonchev–Trinajstić information content (AvgIpc) is 3.05. The highest BCUT2D eigenvalue weighted by atomic mass is 16.1. The number of fused-ring (bicyclic) bond motifs is 1. The van der Waals surface area contributed by atoms with E-state index in [-0.39, 0.29) is 11.8 Å². The van der Waals surface area contributed by atoms with Crippen LogP contribution in [-0.2, 0) is 17.8 Å². The molecular weight excluding hydrogens is 298 g/mol. The molecule has 2 heterocycles. The molecule has 1 amide bonds. The molecule has 134 valence electrons. The van der Waals surface area contributed by atoms with Crippen LogP contribution in [0.2, 0.25) is 0 Å². The molecule has 1 N–H and O–H groups in total. The number of aryl methyl sites for hydroxylation is 1. The van der Waals surface area contributed by atoms with Gasteiger partial charge in [0.15, 0.2) is 0 Å². The van der Waals surface area contributed by atoms with Crippen LogP contribution < -0.4 is 5.32 Å². The Morgan fingerprint density at radius 1 is 0.958 bits per heavy atom. The molecule has 1 fully saturated rings. The molecule has 1 aliphatic carbocycles. The van der Waals surface area contributed by atoms with Crippen LogP contribution in [0, 0.1) is 5.92 Å². The minimum atomic E-state index is 0.112. The zero-order valence-corrected chi connectivity index (χ0v) is 15.0. The third kappa shape index (κ3) is 5.09. The second-order valence-corrected chi connectivity index (χ2v) is 7.69. The Hall–Kier alpha value is -1.32.